The molecule has 0 heterocycles. The smallest absolute Gasteiger partial charge is 0.339 e. The van der Waals surface area contributed by atoms with Crippen LogP contribution in [0, 0.1) is 5.82 Å². The van der Waals surface area contributed by atoms with Crippen LogP contribution in [0.25, 0.3) is 0 Å². The molecule has 0 spiro atoms. The fraction of sp³-hybridized carbons (Fsp3) is 0.300. The van der Waals surface area contributed by atoms with E-state index >= 15 is 0 Å². The quantitative estimate of drug-likeness (QED) is 0.827. The van der Waals surface area contributed by atoms with E-state index in [0.717, 1.165) is 13.2 Å². The second-order valence-electron chi connectivity index (χ2n) is 2.94. The summed E-state index contributed by atoms with van der Waals surface area (Å²) in [6, 6.07) is 2.21. The summed E-state index contributed by atoms with van der Waals surface area (Å²) in [7, 11) is 2.38. The first-order valence-electron chi connectivity index (χ1n) is 4.30. The van der Waals surface area contributed by atoms with Crippen molar-refractivity contribution in [3.8, 4) is 5.75 Å². The maximum atomic E-state index is 13.4. The van der Waals surface area contributed by atoms with E-state index in [0.29, 0.717) is 0 Å². The van der Waals surface area contributed by atoms with Crippen LogP contribution in [0.1, 0.15) is 11.7 Å². The summed E-state index contributed by atoms with van der Waals surface area (Å²) in [5.41, 5.74) is 0.00940. The highest BCUT2D eigenvalue weighted by molar-refractivity contribution is 6.32. The van der Waals surface area contributed by atoms with Gasteiger partial charge in [-0.05, 0) is 17.7 Å². The van der Waals surface area contributed by atoms with Crippen LogP contribution in [0.5, 0.6) is 5.75 Å². The minimum absolute atomic E-state index is 0.00940. The van der Waals surface area contributed by atoms with E-state index in [-0.39, 0.29) is 16.3 Å². The predicted molar refractivity (Wildman–Crippen MR) is 54.9 cm³/mol. The molecule has 0 aliphatic heterocycles. The van der Waals surface area contributed by atoms with Crippen molar-refractivity contribution in [2.75, 3.05) is 14.2 Å². The van der Waals surface area contributed by atoms with E-state index in [2.05, 4.69) is 4.74 Å². The van der Waals surface area contributed by atoms with Crippen LogP contribution in [0.15, 0.2) is 12.1 Å². The molecule has 1 atom stereocenters. The number of carbonyl (C=O) groups is 1. The number of methoxy groups -OCH3 is 2. The molecule has 0 aromatic heterocycles. The van der Waals surface area contributed by atoms with Crippen LogP contribution in [0.2, 0.25) is 5.02 Å². The highest BCUT2D eigenvalue weighted by atomic mass is 35.5. The van der Waals surface area contributed by atoms with Crippen molar-refractivity contribution in [1.82, 2.24) is 0 Å². The summed E-state index contributed by atoms with van der Waals surface area (Å²) in [5, 5.41) is 9.43. The van der Waals surface area contributed by atoms with Crippen molar-refractivity contribution in [2.24, 2.45) is 0 Å². The lowest BCUT2D eigenvalue weighted by Gasteiger charge is -2.11. The van der Waals surface area contributed by atoms with Crippen molar-refractivity contribution < 1.29 is 23.8 Å². The van der Waals surface area contributed by atoms with E-state index in [4.69, 9.17) is 16.3 Å². The number of ether oxygens (including phenoxy) is 2. The lowest BCUT2D eigenvalue weighted by molar-refractivity contribution is -0.150. The molecular formula is C10H10ClFO4. The number of halogens is 2. The van der Waals surface area contributed by atoms with Crippen molar-refractivity contribution in [1.29, 1.82) is 0 Å². The number of hydrogen-bond acceptors (Lipinski definition) is 4. The van der Waals surface area contributed by atoms with Crippen LogP contribution in [-0.4, -0.2) is 25.3 Å². The molecule has 0 saturated heterocycles. The summed E-state index contributed by atoms with van der Waals surface area (Å²) in [6.45, 7) is 0. The zero-order valence-corrected chi connectivity index (χ0v) is 9.42. The average molecular weight is 249 g/mol. The van der Waals surface area contributed by atoms with Crippen LogP contribution in [-0.2, 0) is 9.53 Å². The molecule has 0 saturated carbocycles. The summed E-state index contributed by atoms with van der Waals surface area (Å²) in [6.07, 6.45) is -1.57. The molecule has 0 aliphatic rings. The topological polar surface area (TPSA) is 55.8 Å². The monoisotopic (exact) mass is 248 g/mol. The Labute approximate surface area is 96.5 Å². The van der Waals surface area contributed by atoms with E-state index in [1.165, 1.54) is 13.2 Å². The maximum Gasteiger partial charge on any atom is 0.339 e. The highest BCUT2D eigenvalue weighted by Crippen LogP contribution is 2.31. The number of aliphatic hydroxyl groups excluding tert-OH is 1. The van der Waals surface area contributed by atoms with Gasteiger partial charge in [0.05, 0.1) is 19.2 Å². The predicted octanol–water partition coefficient (Wildman–Crippen LogP) is 1.69. The summed E-state index contributed by atoms with van der Waals surface area (Å²) < 4.78 is 22.4. The fourth-order valence-electron chi connectivity index (χ4n) is 1.18. The molecule has 0 bridgehead atoms. The van der Waals surface area contributed by atoms with Gasteiger partial charge in [-0.1, -0.05) is 11.6 Å². The van der Waals surface area contributed by atoms with E-state index in [1.54, 1.807) is 0 Å². The van der Waals surface area contributed by atoms with Gasteiger partial charge >= 0.3 is 5.97 Å². The van der Waals surface area contributed by atoms with Gasteiger partial charge in [0.15, 0.2) is 17.7 Å². The number of benzene rings is 1. The van der Waals surface area contributed by atoms with E-state index in [9.17, 15) is 14.3 Å². The van der Waals surface area contributed by atoms with Crippen molar-refractivity contribution in [2.45, 2.75) is 6.10 Å². The van der Waals surface area contributed by atoms with Crippen LogP contribution >= 0.6 is 11.6 Å². The molecule has 88 valence electrons. The lowest BCUT2D eigenvalue weighted by atomic mass is 10.1. The average Bonchev–Trinajstić information content (AvgIpc) is 2.26. The van der Waals surface area contributed by atoms with Crippen LogP contribution in [0.4, 0.5) is 4.39 Å². The Morgan fingerprint density at radius 2 is 2.12 bits per heavy atom. The molecule has 1 aromatic carbocycles. The van der Waals surface area contributed by atoms with Crippen molar-refractivity contribution in [3.05, 3.63) is 28.5 Å². The van der Waals surface area contributed by atoms with Gasteiger partial charge in [-0.15, -0.1) is 0 Å². The van der Waals surface area contributed by atoms with Gasteiger partial charge in [-0.25, -0.2) is 9.18 Å². The minimum atomic E-state index is -1.57. The van der Waals surface area contributed by atoms with Gasteiger partial charge in [0.25, 0.3) is 0 Å². The standard InChI is InChI=1S/C10H10ClFO4/c1-15-9-6(11)3-5(4-7(9)12)8(13)10(14)16-2/h3-4,8,13H,1-2H3. The van der Waals surface area contributed by atoms with Gasteiger partial charge in [0.2, 0.25) is 0 Å². The van der Waals surface area contributed by atoms with E-state index < -0.39 is 17.9 Å². The van der Waals surface area contributed by atoms with Gasteiger partial charge in [0.1, 0.15) is 0 Å². The van der Waals surface area contributed by atoms with E-state index in [1.807, 2.05) is 0 Å². The molecule has 6 heteroatoms. The number of rotatable bonds is 3. The molecule has 1 rings (SSSR count). The molecule has 16 heavy (non-hydrogen) atoms. The Balaban J connectivity index is 3.13. The first-order chi connectivity index (χ1) is 7.51. The number of aliphatic hydroxyl groups is 1. The SMILES string of the molecule is COC(=O)C(O)c1cc(F)c(OC)c(Cl)c1. The Hall–Kier alpha value is -1.33. The molecule has 0 aliphatic carbocycles. The molecule has 0 radical (unpaired) electrons. The summed E-state index contributed by atoms with van der Waals surface area (Å²) in [4.78, 5) is 11.0. The lowest BCUT2D eigenvalue weighted by Crippen LogP contribution is -2.13. The largest absolute Gasteiger partial charge is 0.492 e. The number of hydrogen-bond donors (Lipinski definition) is 1. The second-order valence-corrected chi connectivity index (χ2v) is 3.35. The Morgan fingerprint density at radius 3 is 2.56 bits per heavy atom. The highest BCUT2D eigenvalue weighted by Gasteiger charge is 2.21. The summed E-state index contributed by atoms with van der Waals surface area (Å²) >= 11 is 5.70. The summed E-state index contributed by atoms with van der Waals surface area (Å²) in [5.74, 6) is -1.78. The Kier molecular flexibility index (Phi) is 4.09. The molecule has 0 fully saturated rings. The molecule has 1 unspecified atom stereocenters. The van der Waals surface area contributed by atoms with Crippen LogP contribution in [0.3, 0.4) is 0 Å². The van der Waals surface area contributed by atoms with Crippen LogP contribution < -0.4 is 4.74 Å². The van der Waals surface area contributed by atoms with Gasteiger partial charge in [0, 0.05) is 0 Å². The third kappa shape index (κ3) is 2.43. The first-order valence-corrected chi connectivity index (χ1v) is 4.68. The molecular weight excluding hydrogens is 239 g/mol. The number of carbonyl (C=O) groups excluding carboxylic acids is 1. The van der Waals surface area contributed by atoms with Crippen molar-refractivity contribution >= 4 is 17.6 Å². The fourth-order valence-corrected chi connectivity index (χ4v) is 1.47. The zero-order chi connectivity index (χ0) is 12.3. The minimum Gasteiger partial charge on any atom is -0.492 e. The first kappa shape index (κ1) is 12.7. The zero-order valence-electron chi connectivity index (χ0n) is 8.66. The Bertz CT molecular complexity index is 385. The van der Waals surface area contributed by atoms with Gasteiger partial charge < -0.3 is 14.6 Å². The molecule has 0 amide bonds. The number of esters is 1. The van der Waals surface area contributed by atoms with Crippen molar-refractivity contribution in [3.63, 3.8) is 0 Å². The van der Waals surface area contributed by atoms with Gasteiger partial charge in [-0.2, -0.15) is 0 Å². The molecule has 1 N–H and O–H groups in total. The van der Waals surface area contributed by atoms with Gasteiger partial charge in [-0.3, -0.25) is 0 Å². The Morgan fingerprint density at radius 1 is 1.50 bits per heavy atom. The maximum absolute atomic E-state index is 13.4. The molecule has 4 nitrogen and oxygen atoms in total. The molecule has 1 aromatic rings. The second kappa shape index (κ2) is 5.14. The normalized spacial score (nSPS) is 12.1. The third-order valence-corrected chi connectivity index (χ3v) is 2.25. The third-order valence-electron chi connectivity index (χ3n) is 1.96.